The molecule has 0 radical (unpaired) electrons. The number of fused-ring (bicyclic) bond motifs is 1. The van der Waals surface area contributed by atoms with Crippen LogP contribution >= 0.6 is 0 Å². The van der Waals surface area contributed by atoms with Crippen molar-refractivity contribution in [2.24, 2.45) is 0 Å². The van der Waals surface area contributed by atoms with Crippen LogP contribution in [-0.2, 0) is 29.1 Å². The normalized spacial score (nSPS) is 21.7. The molecule has 1 aliphatic carbocycles. The van der Waals surface area contributed by atoms with E-state index in [0.717, 1.165) is 69.8 Å². The smallest absolute Gasteiger partial charge is 0.237 e. The molecule has 28 heavy (non-hydrogen) atoms. The molecule has 1 aromatic rings. The maximum absolute atomic E-state index is 12.6. The predicted molar refractivity (Wildman–Crippen MR) is 107 cm³/mol. The number of rotatable bonds is 6. The van der Waals surface area contributed by atoms with E-state index in [4.69, 9.17) is 0 Å². The van der Waals surface area contributed by atoms with E-state index in [1.807, 2.05) is 16.5 Å². The molecule has 7 heteroatoms. The molecule has 1 N–H and O–H groups in total. The topological polar surface area (TPSA) is 70.5 Å². The Bertz CT molecular complexity index is 704. The highest BCUT2D eigenvalue weighted by atomic mass is 16.2. The van der Waals surface area contributed by atoms with Crippen LogP contribution in [0.5, 0.6) is 0 Å². The van der Waals surface area contributed by atoms with Gasteiger partial charge in [0.2, 0.25) is 11.8 Å². The molecule has 3 heterocycles. The third-order valence-corrected chi connectivity index (χ3v) is 6.56. The van der Waals surface area contributed by atoms with Gasteiger partial charge in [0.15, 0.2) is 0 Å². The van der Waals surface area contributed by atoms with Gasteiger partial charge in [-0.2, -0.15) is 5.10 Å². The lowest BCUT2D eigenvalue weighted by atomic mass is 10.1. The van der Waals surface area contributed by atoms with Crippen LogP contribution in [0, 0.1) is 0 Å². The lowest BCUT2D eigenvalue weighted by Gasteiger charge is -2.32. The first-order chi connectivity index (χ1) is 13.6. The molecule has 1 saturated carbocycles. The third-order valence-electron chi connectivity index (χ3n) is 6.56. The van der Waals surface area contributed by atoms with E-state index < -0.39 is 0 Å². The monoisotopic (exact) mass is 387 g/mol. The van der Waals surface area contributed by atoms with Crippen molar-refractivity contribution >= 4 is 11.8 Å². The first-order valence-electron chi connectivity index (χ1n) is 11.0. The Kier molecular flexibility index (Phi) is 5.99. The SMILES string of the molecule is C[C@@H](C(=O)NC1CCCC1)N1CCn2nc(CCC(=O)N3CCCC3)cc2C1. The molecule has 0 bridgehead atoms. The van der Waals surface area contributed by atoms with Gasteiger partial charge in [0.05, 0.1) is 24.0 Å². The zero-order valence-corrected chi connectivity index (χ0v) is 17.0. The van der Waals surface area contributed by atoms with E-state index in [1.54, 1.807) is 0 Å². The second kappa shape index (κ2) is 8.64. The van der Waals surface area contributed by atoms with Crippen LogP contribution < -0.4 is 5.32 Å². The first-order valence-corrected chi connectivity index (χ1v) is 11.0. The number of hydrogen-bond donors (Lipinski definition) is 1. The highest BCUT2D eigenvalue weighted by Crippen LogP contribution is 2.20. The van der Waals surface area contributed by atoms with Gasteiger partial charge < -0.3 is 10.2 Å². The molecule has 0 aromatic carbocycles. The van der Waals surface area contributed by atoms with Crippen LogP contribution in [0.3, 0.4) is 0 Å². The Morgan fingerprint density at radius 2 is 1.89 bits per heavy atom. The lowest BCUT2D eigenvalue weighted by Crippen LogP contribution is -2.49. The molecule has 1 atom stereocenters. The summed E-state index contributed by atoms with van der Waals surface area (Å²) in [5.41, 5.74) is 2.14. The summed E-state index contributed by atoms with van der Waals surface area (Å²) in [5.74, 6) is 0.401. The van der Waals surface area contributed by atoms with Crippen LogP contribution in [0.25, 0.3) is 0 Å². The van der Waals surface area contributed by atoms with E-state index >= 15 is 0 Å². The highest BCUT2D eigenvalue weighted by Gasteiger charge is 2.28. The number of likely N-dealkylation sites (tertiary alicyclic amines) is 1. The van der Waals surface area contributed by atoms with Gasteiger partial charge in [-0.15, -0.1) is 0 Å². The van der Waals surface area contributed by atoms with Crippen molar-refractivity contribution < 1.29 is 9.59 Å². The predicted octanol–water partition coefficient (Wildman–Crippen LogP) is 1.70. The van der Waals surface area contributed by atoms with Crippen LogP contribution in [0.4, 0.5) is 0 Å². The largest absolute Gasteiger partial charge is 0.352 e. The van der Waals surface area contributed by atoms with Crippen LogP contribution in [-0.4, -0.2) is 63.1 Å². The molecule has 2 fully saturated rings. The number of hydrogen-bond acceptors (Lipinski definition) is 4. The summed E-state index contributed by atoms with van der Waals surface area (Å²) in [6.45, 7) is 6.21. The number of amides is 2. The summed E-state index contributed by atoms with van der Waals surface area (Å²) < 4.78 is 2.05. The Balaban J connectivity index is 1.29. The van der Waals surface area contributed by atoms with E-state index in [0.29, 0.717) is 18.9 Å². The van der Waals surface area contributed by atoms with E-state index in [2.05, 4.69) is 21.4 Å². The number of carbonyl (C=O) groups excluding carboxylic acids is 2. The van der Waals surface area contributed by atoms with Gasteiger partial charge >= 0.3 is 0 Å². The molecular formula is C21H33N5O2. The molecule has 0 spiro atoms. The molecule has 4 rings (SSSR count). The van der Waals surface area contributed by atoms with Gasteiger partial charge in [-0.25, -0.2) is 0 Å². The second-order valence-electron chi connectivity index (χ2n) is 8.57. The van der Waals surface area contributed by atoms with Crippen molar-refractivity contribution in [2.75, 3.05) is 19.6 Å². The fourth-order valence-electron chi connectivity index (χ4n) is 4.72. The van der Waals surface area contributed by atoms with Crippen LogP contribution in [0.15, 0.2) is 6.07 Å². The van der Waals surface area contributed by atoms with Gasteiger partial charge in [0.1, 0.15) is 0 Å². The summed E-state index contributed by atoms with van der Waals surface area (Å²) in [6.07, 6.45) is 8.19. The average molecular weight is 388 g/mol. The minimum absolute atomic E-state index is 0.121. The molecule has 1 aromatic heterocycles. The van der Waals surface area contributed by atoms with Crippen LogP contribution in [0.1, 0.15) is 63.3 Å². The van der Waals surface area contributed by atoms with Crippen molar-refractivity contribution in [3.05, 3.63) is 17.5 Å². The summed E-state index contributed by atoms with van der Waals surface area (Å²) in [4.78, 5) is 29.1. The van der Waals surface area contributed by atoms with Gasteiger partial charge in [-0.05, 0) is 38.7 Å². The fraction of sp³-hybridized carbons (Fsp3) is 0.762. The summed E-state index contributed by atoms with van der Waals surface area (Å²) in [7, 11) is 0. The lowest BCUT2D eigenvalue weighted by molar-refractivity contribution is -0.130. The number of nitrogens with one attached hydrogen (secondary N) is 1. The molecule has 2 amide bonds. The number of aromatic nitrogens is 2. The Morgan fingerprint density at radius 3 is 2.64 bits per heavy atom. The Hall–Kier alpha value is -1.89. The standard InChI is InChI=1S/C21H33N5O2/c1-16(21(28)22-17-6-2-3-7-17)25-12-13-26-19(15-25)14-18(23-26)8-9-20(27)24-10-4-5-11-24/h14,16-17H,2-13,15H2,1H3,(H,22,28)/t16-/m0/s1. The maximum atomic E-state index is 12.6. The molecule has 3 aliphatic rings. The van der Waals surface area contributed by atoms with Crippen LogP contribution in [0.2, 0.25) is 0 Å². The molecular weight excluding hydrogens is 354 g/mol. The van der Waals surface area contributed by atoms with E-state index in [1.165, 1.54) is 12.8 Å². The number of carbonyl (C=O) groups is 2. The Labute approximate surface area is 167 Å². The second-order valence-corrected chi connectivity index (χ2v) is 8.57. The quantitative estimate of drug-likeness (QED) is 0.807. The maximum Gasteiger partial charge on any atom is 0.237 e. The molecule has 0 unspecified atom stereocenters. The average Bonchev–Trinajstić information content (AvgIpc) is 3.46. The van der Waals surface area contributed by atoms with Crippen molar-refractivity contribution in [1.29, 1.82) is 0 Å². The van der Waals surface area contributed by atoms with Gasteiger partial charge in [-0.3, -0.25) is 19.2 Å². The Morgan fingerprint density at radius 1 is 1.14 bits per heavy atom. The molecule has 154 valence electrons. The zero-order chi connectivity index (χ0) is 19.5. The zero-order valence-electron chi connectivity index (χ0n) is 17.0. The fourth-order valence-corrected chi connectivity index (χ4v) is 4.72. The number of aryl methyl sites for hydroxylation is 1. The van der Waals surface area contributed by atoms with Crippen molar-refractivity contribution in [3.63, 3.8) is 0 Å². The van der Waals surface area contributed by atoms with Gasteiger partial charge in [-0.1, -0.05) is 12.8 Å². The molecule has 1 saturated heterocycles. The van der Waals surface area contributed by atoms with E-state index in [9.17, 15) is 9.59 Å². The highest BCUT2D eigenvalue weighted by molar-refractivity contribution is 5.81. The van der Waals surface area contributed by atoms with Crippen molar-refractivity contribution in [2.45, 2.75) is 83.5 Å². The summed E-state index contributed by atoms with van der Waals surface area (Å²) >= 11 is 0. The first kappa shape index (κ1) is 19.4. The summed E-state index contributed by atoms with van der Waals surface area (Å²) in [5, 5.41) is 7.91. The third kappa shape index (κ3) is 4.40. The van der Waals surface area contributed by atoms with Gasteiger partial charge in [0.25, 0.3) is 0 Å². The molecule has 2 aliphatic heterocycles. The minimum atomic E-state index is -0.121. The van der Waals surface area contributed by atoms with Crippen molar-refractivity contribution in [3.8, 4) is 0 Å². The summed E-state index contributed by atoms with van der Waals surface area (Å²) in [6, 6.07) is 2.36. The minimum Gasteiger partial charge on any atom is -0.352 e. The van der Waals surface area contributed by atoms with E-state index in [-0.39, 0.29) is 17.9 Å². The number of nitrogens with zero attached hydrogens (tertiary/aromatic N) is 4. The van der Waals surface area contributed by atoms with Crippen molar-refractivity contribution in [1.82, 2.24) is 24.9 Å². The van der Waals surface area contributed by atoms with Gasteiger partial charge in [0, 0.05) is 45.1 Å². The molecule has 7 nitrogen and oxygen atoms in total.